The first-order valence-corrected chi connectivity index (χ1v) is 25.9. The lowest BCUT2D eigenvalue weighted by Gasteiger charge is -2.20. The summed E-state index contributed by atoms with van der Waals surface area (Å²) >= 11 is 0. The van der Waals surface area contributed by atoms with Crippen LogP contribution in [0.1, 0.15) is 206 Å². The zero-order valence-electron chi connectivity index (χ0n) is 38.7. The van der Waals surface area contributed by atoms with Gasteiger partial charge < -0.3 is 20.1 Å². The van der Waals surface area contributed by atoms with E-state index < -0.39 is 13.9 Å². The highest BCUT2D eigenvalue weighted by Crippen LogP contribution is 2.43. The lowest BCUT2D eigenvalue weighted by molar-refractivity contribution is -0.154. The van der Waals surface area contributed by atoms with E-state index >= 15 is 0 Å². The number of allylic oxidation sites excluding steroid dienone is 12. The lowest BCUT2D eigenvalue weighted by atomic mass is 10.1. The Labute approximate surface area is 369 Å². The molecule has 0 aromatic rings. The number of phosphoric acid groups is 1. The van der Waals surface area contributed by atoms with Crippen molar-refractivity contribution < 1.29 is 32.8 Å². The second kappa shape index (κ2) is 48.0. The molecule has 0 bridgehead atoms. The monoisotopic (exact) mass is 862 g/mol. The van der Waals surface area contributed by atoms with E-state index in [9.17, 15) is 14.3 Å². The van der Waals surface area contributed by atoms with Gasteiger partial charge in [0.1, 0.15) is 6.10 Å². The highest BCUT2D eigenvalue weighted by molar-refractivity contribution is 7.47. The van der Waals surface area contributed by atoms with Crippen LogP contribution in [0.2, 0.25) is 0 Å². The molecule has 0 radical (unpaired) electrons. The van der Waals surface area contributed by atoms with Gasteiger partial charge in [-0.3, -0.25) is 13.8 Å². The molecule has 0 saturated heterocycles. The van der Waals surface area contributed by atoms with Crippen molar-refractivity contribution in [2.75, 3.05) is 33.0 Å². The standard InChI is InChI=1S/C51H92NO7P/c1-3-5-7-9-11-13-15-17-19-21-22-23-24-25-26-27-28-29-30-32-34-36-38-40-42-44-51(53)59-50(49-58-60(54,55)57-47-45-52)48-56-46-43-41-39-37-35-33-31-20-18-16-14-12-10-8-6-4-2/h5,7,11,13,17-20,22-23,25-26,50H,3-4,6,8-10,12,14-16,21,24,27-49,52H2,1-2H3,(H,54,55)/b7-5-,13-11-,19-17-,20-18-,23-22-,26-25-. The Kier molecular flexibility index (Phi) is 46.3. The third-order valence-electron chi connectivity index (χ3n) is 10.1. The molecule has 8 nitrogen and oxygen atoms in total. The van der Waals surface area contributed by atoms with E-state index in [-0.39, 0.29) is 32.3 Å². The van der Waals surface area contributed by atoms with Crippen molar-refractivity contribution in [3.8, 4) is 0 Å². The fourth-order valence-electron chi connectivity index (χ4n) is 6.55. The summed E-state index contributed by atoms with van der Waals surface area (Å²) in [6.07, 6.45) is 60.7. The average Bonchev–Trinajstić information content (AvgIpc) is 3.24. The van der Waals surface area contributed by atoms with Crippen LogP contribution in [0, 0.1) is 0 Å². The van der Waals surface area contributed by atoms with Crippen molar-refractivity contribution in [3.63, 3.8) is 0 Å². The van der Waals surface area contributed by atoms with Gasteiger partial charge in [0.25, 0.3) is 0 Å². The Morgan fingerprint density at radius 2 is 0.933 bits per heavy atom. The van der Waals surface area contributed by atoms with Gasteiger partial charge in [-0.2, -0.15) is 0 Å². The van der Waals surface area contributed by atoms with Crippen molar-refractivity contribution in [2.45, 2.75) is 213 Å². The molecule has 0 saturated carbocycles. The predicted molar refractivity (Wildman–Crippen MR) is 256 cm³/mol. The molecule has 0 rings (SSSR count). The van der Waals surface area contributed by atoms with E-state index in [1.54, 1.807) is 0 Å². The van der Waals surface area contributed by atoms with Gasteiger partial charge in [0.2, 0.25) is 0 Å². The molecule has 0 aromatic heterocycles. The smallest absolute Gasteiger partial charge is 0.457 e. The van der Waals surface area contributed by atoms with Crippen molar-refractivity contribution in [2.24, 2.45) is 5.73 Å². The van der Waals surface area contributed by atoms with Gasteiger partial charge in [-0.15, -0.1) is 0 Å². The second-order valence-electron chi connectivity index (χ2n) is 15.9. The zero-order valence-corrected chi connectivity index (χ0v) is 39.6. The number of hydrogen-bond donors (Lipinski definition) is 2. The van der Waals surface area contributed by atoms with Crippen LogP contribution >= 0.6 is 7.82 Å². The Bertz CT molecular complexity index is 1150. The summed E-state index contributed by atoms with van der Waals surface area (Å²) < 4.78 is 33.5. The normalized spacial score (nSPS) is 14.0. The van der Waals surface area contributed by atoms with Crippen LogP contribution in [-0.2, 0) is 27.9 Å². The second-order valence-corrected chi connectivity index (χ2v) is 17.4. The Morgan fingerprint density at radius 1 is 0.517 bits per heavy atom. The highest BCUT2D eigenvalue weighted by atomic mass is 31.2. The molecule has 0 aromatic carbocycles. The van der Waals surface area contributed by atoms with Gasteiger partial charge in [-0.25, -0.2) is 4.57 Å². The van der Waals surface area contributed by atoms with Crippen LogP contribution in [0.15, 0.2) is 72.9 Å². The SMILES string of the molecule is CC/C=C\C/C=C\C/C=C\C/C=C\C/C=C\CCCCCCCCCCCC(=O)OC(COCCCCCCCC/C=C\CCCCCCCC)COP(=O)(O)OCCN. The minimum absolute atomic E-state index is 0.0955. The maximum Gasteiger partial charge on any atom is 0.472 e. The Hall–Kier alpha value is -2.06. The number of ether oxygens (including phenoxy) is 2. The molecule has 0 aliphatic carbocycles. The molecule has 2 unspecified atom stereocenters. The topological polar surface area (TPSA) is 117 Å². The number of esters is 1. The van der Waals surface area contributed by atoms with Gasteiger partial charge in [-0.05, 0) is 83.5 Å². The number of phosphoric ester groups is 1. The molecule has 0 heterocycles. The van der Waals surface area contributed by atoms with Crippen molar-refractivity contribution in [1.82, 2.24) is 0 Å². The first-order valence-electron chi connectivity index (χ1n) is 24.4. The van der Waals surface area contributed by atoms with E-state index in [4.69, 9.17) is 24.3 Å². The van der Waals surface area contributed by atoms with Crippen molar-refractivity contribution in [1.29, 1.82) is 0 Å². The fraction of sp³-hybridized carbons (Fsp3) is 0.745. The summed E-state index contributed by atoms with van der Waals surface area (Å²) in [4.78, 5) is 22.6. The summed E-state index contributed by atoms with van der Waals surface area (Å²) in [5, 5.41) is 0. The zero-order chi connectivity index (χ0) is 43.7. The molecule has 3 N–H and O–H groups in total. The number of carbonyl (C=O) groups is 1. The fourth-order valence-corrected chi connectivity index (χ4v) is 7.31. The largest absolute Gasteiger partial charge is 0.472 e. The summed E-state index contributed by atoms with van der Waals surface area (Å²) in [5.74, 6) is -0.340. The minimum atomic E-state index is -4.29. The molecular formula is C51H92NO7P. The first-order chi connectivity index (χ1) is 29.4. The third-order valence-corrected chi connectivity index (χ3v) is 11.1. The van der Waals surface area contributed by atoms with Crippen LogP contribution in [0.4, 0.5) is 0 Å². The maximum absolute atomic E-state index is 12.6. The Balaban J connectivity index is 3.99. The average molecular weight is 862 g/mol. The summed E-state index contributed by atoms with van der Waals surface area (Å²) in [6.45, 7) is 4.79. The summed E-state index contributed by atoms with van der Waals surface area (Å²) in [6, 6.07) is 0. The molecule has 0 amide bonds. The molecule has 348 valence electrons. The first kappa shape index (κ1) is 57.9. The Morgan fingerprint density at radius 3 is 1.42 bits per heavy atom. The number of nitrogens with two attached hydrogens (primary N) is 1. The summed E-state index contributed by atoms with van der Waals surface area (Å²) in [5.41, 5.74) is 5.38. The van der Waals surface area contributed by atoms with Gasteiger partial charge in [0.15, 0.2) is 0 Å². The summed E-state index contributed by atoms with van der Waals surface area (Å²) in [7, 11) is -4.29. The van der Waals surface area contributed by atoms with E-state index in [0.29, 0.717) is 13.0 Å². The molecule has 0 aliphatic heterocycles. The van der Waals surface area contributed by atoms with E-state index in [0.717, 1.165) is 70.6 Å². The van der Waals surface area contributed by atoms with Crippen LogP contribution in [0.25, 0.3) is 0 Å². The van der Waals surface area contributed by atoms with Crippen LogP contribution in [0.5, 0.6) is 0 Å². The van der Waals surface area contributed by atoms with E-state index in [1.807, 2.05) is 0 Å². The molecule has 2 atom stereocenters. The van der Waals surface area contributed by atoms with E-state index in [1.165, 1.54) is 116 Å². The molecular weight excluding hydrogens is 770 g/mol. The number of hydrogen-bond acceptors (Lipinski definition) is 7. The van der Waals surface area contributed by atoms with Gasteiger partial charge in [0, 0.05) is 19.6 Å². The maximum atomic E-state index is 12.6. The number of unbranched alkanes of at least 4 members (excludes halogenated alkanes) is 21. The van der Waals surface area contributed by atoms with Crippen LogP contribution < -0.4 is 5.73 Å². The molecule has 60 heavy (non-hydrogen) atoms. The van der Waals surface area contributed by atoms with E-state index in [2.05, 4.69) is 86.8 Å². The van der Waals surface area contributed by atoms with Crippen LogP contribution in [-0.4, -0.2) is 49.9 Å². The van der Waals surface area contributed by atoms with Gasteiger partial charge in [0.05, 0.1) is 19.8 Å². The quantitative estimate of drug-likeness (QED) is 0.0269. The molecule has 0 fully saturated rings. The molecule has 0 aliphatic rings. The lowest BCUT2D eigenvalue weighted by Crippen LogP contribution is -2.28. The van der Waals surface area contributed by atoms with Crippen molar-refractivity contribution in [3.05, 3.63) is 72.9 Å². The van der Waals surface area contributed by atoms with Crippen LogP contribution in [0.3, 0.4) is 0 Å². The number of carbonyl (C=O) groups excluding carboxylic acids is 1. The number of rotatable bonds is 46. The third kappa shape index (κ3) is 47.0. The predicted octanol–water partition coefficient (Wildman–Crippen LogP) is 15.1. The van der Waals surface area contributed by atoms with Gasteiger partial charge in [-0.1, -0.05) is 189 Å². The van der Waals surface area contributed by atoms with Crippen molar-refractivity contribution >= 4 is 13.8 Å². The molecule has 0 spiro atoms. The highest BCUT2D eigenvalue weighted by Gasteiger charge is 2.25. The van der Waals surface area contributed by atoms with Gasteiger partial charge >= 0.3 is 13.8 Å². The molecule has 9 heteroatoms. The minimum Gasteiger partial charge on any atom is -0.457 e.